The van der Waals surface area contributed by atoms with Gasteiger partial charge in [0, 0.05) is 19.4 Å². The van der Waals surface area contributed by atoms with Gasteiger partial charge in [0.05, 0.1) is 0 Å². The highest BCUT2D eigenvalue weighted by atomic mass is 16.5. The quantitative estimate of drug-likeness (QED) is 0.0402. The Morgan fingerprint density at radius 3 is 1.69 bits per heavy atom. The maximum absolute atomic E-state index is 12.0. The van der Waals surface area contributed by atoms with Gasteiger partial charge in [0.25, 0.3) is 0 Å². The van der Waals surface area contributed by atoms with E-state index in [1.54, 1.807) is 0 Å². The number of hydrogen-bond donors (Lipinski definition) is 2. The molecule has 0 amide bonds. The Kier molecular flexibility index (Phi) is 35.1. The average Bonchev–Trinajstić information content (AvgIpc) is 3.03. The molecule has 6 heteroatoms. The van der Waals surface area contributed by atoms with Crippen LogP contribution in [0.2, 0.25) is 0 Å². The van der Waals surface area contributed by atoms with Crippen LogP contribution in [-0.4, -0.2) is 62.1 Å². The summed E-state index contributed by atoms with van der Waals surface area (Å²) in [7, 11) is 0. The standard InChI is InChI=1S/C39H79N3O3/c1-4-7-10-12-17-21-28-38(29-22-18-13-11-8-5-2)45-39(41)30-25-33-42(34-26-31-40)32-23-19-15-14-16-20-27-37(43)36-44-35-24-9-6-3/h38,41H,4-36,40H2,1-3H3. The average molecular weight is 638 g/mol. The molecule has 0 fully saturated rings. The van der Waals surface area contributed by atoms with E-state index in [1.807, 2.05) is 0 Å². The first kappa shape index (κ1) is 44.0. The molecule has 0 saturated heterocycles. The molecule has 0 radical (unpaired) electrons. The third kappa shape index (κ3) is 32.7. The number of ether oxygens (including phenoxy) is 2. The van der Waals surface area contributed by atoms with Gasteiger partial charge in [0.2, 0.25) is 0 Å². The third-order valence-corrected chi connectivity index (χ3v) is 8.96. The van der Waals surface area contributed by atoms with Gasteiger partial charge in [0.15, 0.2) is 11.7 Å². The van der Waals surface area contributed by atoms with Crippen molar-refractivity contribution >= 4 is 11.7 Å². The Labute approximate surface area is 281 Å². The second-order valence-electron chi connectivity index (χ2n) is 13.5. The maximum atomic E-state index is 12.0. The summed E-state index contributed by atoms with van der Waals surface area (Å²) in [5, 5.41) is 8.59. The van der Waals surface area contributed by atoms with Gasteiger partial charge in [-0.05, 0) is 84.0 Å². The molecule has 0 aromatic rings. The maximum Gasteiger partial charge on any atom is 0.180 e. The number of Topliss-reactive ketones (excluding diaryl/α,β-unsaturated/α-hetero) is 1. The monoisotopic (exact) mass is 638 g/mol. The fourth-order valence-electron chi connectivity index (χ4n) is 6.02. The molecule has 0 saturated carbocycles. The molecule has 0 spiro atoms. The summed E-state index contributed by atoms with van der Waals surface area (Å²) < 4.78 is 11.8. The summed E-state index contributed by atoms with van der Waals surface area (Å²) in [6, 6.07) is 0. The molecule has 268 valence electrons. The predicted octanol–water partition coefficient (Wildman–Crippen LogP) is 10.8. The topological polar surface area (TPSA) is 88.6 Å². The van der Waals surface area contributed by atoms with Gasteiger partial charge in [-0.25, -0.2) is 0 Å². The SMILES string of the molecule is CCCCCCCCC(CCCCCCCC)OC(=N)CCCN(CCCN)CCCCCCCCC(=O)COCCCCC. The molecule has 6 nitrogen and oxygen atoms in total. The van der Waals surface area contributed by atoms with E-state index in [2.05, 4.69) is 25.7 Å². The van der Waals surface area contributed by atoms with Crippen LogP contribution in [-0.2, 0) is 14.3 Å². The minimum absolute atomic E-state index is 0.227. The lowest BCUT2D eigenvalue weighted by molar-refractivity contribution is -0.123. The molecule has 0 aliphatic rings. The molecule has 0 aliphatic carbocycles. The number of carbonyl (C=O) groups is 1. The number of carbonyl (C=O) groups excluding carboxylic acids is 1. The van der Waals surface area contributed by atoms with Crippen molar-refractivity contribution in [3.63, 3.8) is 0 Å². The van der Waals surface area contributed by atoms with Crippen molar-refractivity contribution < 1.29 is 14.3 Å². The lowest BCUT2D eigenvalue weighted by Gasteiger charge is -2.23. The molecule has 0 bridgehead atoms. The van der Waals surface area contributed by atoms with Crippen LogP contribution in [0.15, 0.2) is 0 Å². The van der Waals surface area contributed by atoms with Crippen molar-refractivity contribution in [3.05, 3.63) is 0 Å². The molecule has 0 aromatic carbocycles. The van der Waals surface area contributed by atoms with Crippen molar-refractivity contribution in [2.45, 2.75) is 200 Å². The minimum Gasteiger partial charge on any atom is -0.478 e. The summed E-state index contributed by atoms with van der Waals surface area (Å²) in [5.74, 6) is 0.754. The highest BCUT2D eigenvalue weighted by molar-refractivity contribution is 5.79. The van der Waals surface area contributed by atoms with Crippen LogP contribution >= 0.6 is 0 Å². The Balaban J connectivity index is 4.22. The van der Waals surface area contributed by atoms with Crippen LogP contribution in [0, 0.1) is 5.41 Å². The largest absolute Gasteiger partial charge is 0.478 e. The zero-order valence-corrected chi connectivity index (χ0v) is 30.7. The lowest BCUT2D eigenvalue weighted by atomic mass is 10.0. The van der Waals surface area contributed by atoms with Gasteiger partial charge >= 0.3 is 0 Å². The molecule has 0 rings (SSSR count). The fraction of sp³-hybridized carbons (Fsp3) is 0.949. The van der Waals surface area contributed by atoms with Gasteiger partial charge < -0.3 is 20.1 Å². The number of rotatable bonds is 37. The summed E-state index contributed by atoms with van der Waals surface area (Å²) in [6.07, 6.45) is 32.1. The Hall–Kier alpha value is -0.980. The normalized spacial score (nSPS) is 11.6. The van der Waals surface area contributed by atoms with E-state index in [9.17, 15) is 4.79 Å². The van der Waals surface area contributed by atoms with Crippen LogP contribution in [0.3, 0.4) is 0 Å². The van der Waals surface area contributed by atoms with Gasteiger partial charge in [-0.2, -0.15) is 0 Å². The van der Waals surface area contributed by atoms with E-state index in [4.69, 9.17) is 20.6 Å². The molecule has 0 unspecified atom stereocenters. The highest BCUT2D eigenvalue weighted by Crippen LogP contribution is 2.18. The van der Waals surface area contributed by atoms with E-state index in [1.165, 1.54) is 116 Å². The zero-order valence-electron chi connectivity index (χ0n) is 30.7. The van der Waals surface area contributed by atoms with Gasteiger partial charge in [-0.3, -0.25) is 10.2 Å². The second-order valence-corrected chi connectivity index (χ2v) is 13.5. The first-order valence-corrected chi connectivity index (χ1v) is 19.8. The van der Waals surface area contributed by atoms with Crippen LogP contribution in [0.25, 0.3) is 0 Å². The molecule has 0 atom stereocenters. The second kappa shape index (κ2) is 35.9. The number of nitrogens with one attached hydrogen (secondary N) is 1. The number of nitrogens with two attached hydrogens (primary N) is 1. The summed E-state index contributed by atoms with van der Waals surface area (Å²) >= 11 is 0. The number of ketones is 1. The van der Waals surface area contributed by atoms with Crippen LogP contribution in [0.5, 0.6) is 0 Å². The summed E-state index contributed by atoms with van der Waals surface area (Å²) in [4.78, 5) is 14.5. The van der Waals surface area contributed by atoms with Crippen molar-refractivity contribution in [1.82, 2.24) is 4.90 Å². The van der Waals surface area contributed by atoms with Gasteiger partial charge in [0.1, 0.15) is 12.7 Å². The minimum atomic E-state index is 0.227. The molecular weight excluding hydrogens is 558 g/mol. The Morgan fingerprint density at radius 2 is 1.09 bits per heavy atom. The van der Waals surface area contributed by atoms with E-state index < -0.39 is 0 Å². The van der Waals surface area contributed by atoms with E-state index in [-0.39, 0.29) is 11.9 Å². The Bertz CT molecular complexity index is 615. The summed E-state index contributed by atoms with van der Waals surface area (Å²) in [6.45, 7) is 11.7. The summed E-state index contributed by atoms with van der Waals surface area (Å²) in [5.41, 5.74) is 5.83. The van der Waals surface area contributed by atoms with Gasteiger partial charge in [-0.15, -0.1) is 0 Å². The van der Waals surface area contributed by atoms with Crippen LogP contribution < -0.4 is 5.73 Å². The smallest absolute Gasteiger partial charge is 0.180 e. The first-order valence-electron chi connectivity index (χ1n) is 19.8. The van der Waals surface area contributed by atoms with E-state index in [0.717, 1.165) is 84.2 Å². The van der Waals surface area contributed by atoms with Crippen LogP contribution in [0.4, 0.5) is 0 Å². The van der Waals surface area contributed by atoms with Crippen molar-refractivity contribution in [2.75, 3.05) is 39.4 Å². The molecule has 0 aromatic heterocycles. The molecule has 45 heavy (non-hydrogen) atoms. The van der Waals surface area contributed by atoms with Crippen molar-refractivity contribution in [2.24, 2.45) is 5.73 Å². The van der Waals surface area contributed by atoms with E-state index >= 15 is 0 Å². The van der Waals surface area contributed by atoms with E-state index in [0.29, 0.717) is 18.9 Å². The fourth-order valence-corrected chi connectivity index (χ4v) is 6.02. The lowest BCUT2D eigenvalue weighted by Crippen LogP contribution is -2.29. The Morgan fingerprint density at radius 1 is 0.600 bits per heavy atom. The van der Waals surface area contributed by atoms with Crippen molar-refractivity contribution in [3.8, 4) is 0 Å². The third-order valence-electron chi connectivity index (χ3n) is 8.96. The first-order chi connectivity index (χ1) is 22.1. The highest BCUT2D eigenvalue weighted by Gasteiger charge is 2.13. The molecule has 3 N–H and O–H groups in total. The predicted molar refractivity (Wildman–Crippen MR) is 196 cm³/mol. The molecule has 0 heterocycles. The van der Waals surface area contributed by atoms with Crippen molar-refractivity contribution in [1.29, 1.82) is 5.41 Å². The molecule has 0 aliphatic heterocycles. The number of unbranched alkanes of at least 4 members (excludes halogenated alkanes) is 17. The van der Waals surface area contributed by atoms with Crippen LogP contribution in [0.1, 0.15) is 194 Å². The van der Waals surface area contributed by atoms with Gasteiger partial charge in [-0.1, -0.05) is 124 Å². The molecular formula is C39H79N3O3. The zero-order chi connectivity index (χ0) is 33.1. The number of hydrogen-bond acceptors (Lipinski definition) is 6. The number of nitrogens with zero attached hydrogens (tertiary/aromatic N) is 1.